The van der Waals surface area contributed by atoms with Gasteiger partial charge in [-0.25, -0.2) is 0 Å². The fourth-order valence-electron chi connectivity index (χ4n) is 1.90. The van der Waals surface area contributed by atoms with E-state index in [0.717, 1.165) is 0 Å². The molecule has 2 nitrogen and oxygen atoms in total. The Morgan fingerprint density at radius 1 is 0.824 bits per heavy atom. The van der Waals surface area contributed by atoms with E-state index in [2.05, 4.69) is 0 Å². The van der Waals surface area contributed by atoms with E-state index in [1.807, 2.05) is 0 Å². The molecule has 17 heavy (non-hydrogen) atoms. The monoisotopic (exact) mass is 232 g/mol. The van der Waals surface area contributed by atoms with Gasteiger partial charge in [0.05, 0.1) is 0 Å². The molecule has 2 aromatic rings. The van der Waals surface area contributed by atoms with Crippen LogP contribution >= 0.6 is 0 Å². The number of aromatic hydroxyl groups is 2. The van der Waals surface area contributed by atoms with Crippen molar-refractivity contribution in [3.05, 3.63) is 59.7 Å². The summed E-state index contributed by atoms with van der Waals surface area (Å²) in [5.74, 6) is -0.561. The van der Waals surface area contributed by atoms with E-state index < -0.39 is 12.6 Å². The number of halogens is 1. The van der Waals surface area contributed by atoms with Crippen LogP contribution in [0.2, 0.25) is 0 Å². The first kappa shape index (κ1) is 11.5. The van der Waals surface area contributed by atoms with Crippen LogP contribution in [0.1, 0.15) is 17.0 Å². The Labute approximate surface area is 99.0 Å². The van der Waals surface area contributed by atoms with Gasteiger partial charge in [-0.1, -0.05) is 36.4 Å². The summed E-state index contributed by atoms with van der Waals surface area (Å²) in [6.45, 7) is -0.671. The van der Waals surface area contributed by atoms with Gasteiger partial charge in [0, 0.05) is 17.0 Å². The number of phenolic OH excluding ortho intramolecular Hbond substituents is 2. The molecule has 2 rings (SSSR count). The van der Waals surface area contributed by atoms with E-state index >= 15 is 0 Å². The van der Waals surface area contributed by atoms with Gasteiger partial charge in [0.1, 0.15) is 18.2 Å². The van der Waals surface area contributed by atoms with Gasteiger partial charge >= 0.3 is 0 Å². The van der Waals surface area contributed by atoms with Gasteiger partial charge < -0.3 is 10.2 Å². The molecule has 0 saturated heterocycles. The lowest BCUT2D eigenvalue weighted by atomic mass is 9.91. The zero-order chi connectivity index (χ0) is 12.3. The van der Waals surface area contributed by atoms with E-state index in [1.54, 1.807) is 36.4 Å². The van der Waals surface area contributed by atoms with Crippen LogP contribution in [0, 0.1) is 0 Å². The Bertz CT molecular complexity index is 466. The molecule has 0 fully saturated rings. The first-order valence-electron chi connectivity index (χ1n) is 5.35. The highest BCUT2D eigenvalue weighted by Gasteiger charge is 2.19. The van der Waals surface area contributed by atoms with Crippen LogP contribution in [0.3, 0.4) is 0 Å². The summed E-state index contributed by atoms with van der Waals surface area (Å²) in [6, 6.07) is 13.2. The van der Waals surface area contributed by atoms with Gasteiger partial charge in [-0.3, -0.25) is 4.39 Å². The van der Waals surface area contributed by atoms with Crippen molar-refractivity contribution >= 4 is 0 Å². The van der Waals surface area contributed by atoms with Crippen LogP contribution in [-0.4, -0.2) is 16.9 Å². The van der Waals surface area contributed by atoms with Crippen LogP contribution in [0.4, 0.5) is 4.39 Å². The van der Waals surface area contributed by atoms with Gasteiger partial charge in [0.25, 0.3) is 0 Å². The number of rotatable bonds is 3. The summed E-state index contributed by atoms with van der Waals surface area (Å²) in [4.78, 5) is 0. The first-order chi connectivity index (χ1) is 8.24. The predicted octanol–water partition coefficient (Wildman–Crippen LogP) is 3.20. The third-order valence-electron chi connectivity index (χ3n) is 2.78. The minimum Gasteiger partial charge on any atom is -0.508 e. The normalized spacial score (nSPS) is 10.7. The Hall–Kier alpha value is -2.03. The largest absolute Gasteiger partial charge is 0.508 e. The lowest BCUT2D eigenvalue weighted by Gasteiger charge is -2.16. The molecule has 0 aliphatic carbocycles. The molecule has 0 bridgehead atoms. The SMILES string of the molecule is Oc1ccccc1C(CF)c1ccccc1O. The second kappa shape index (κ2) is 4.87. The molecule has 2 N–H and O–H groups in total. The summed E-state index contributed by atoms with van der Waals surface area (Å²) in [7, 11) is 0. The molecule has 0 aliphatic rings. The van der Waals surface area contributed by atoms with Crippen molar-refractivity contribution in [3.63, 3.8) is 0 Å². The molecule has 0 radical (unpaired) electrons. The number of benzene rings is 2. The lowest BCUT2D eigenvalue weighted by Crippen LogP contribution is -2.03. The van der Waals surface area contributed by atoms with Crippen LogP contribution in [0.5, 0.6) is 11.5 Å². The molecule has 0 saturated carbocycles. The molecule has 0 atom stereocenters. The second-order valence-corrected chi connectivity index (χ2v) is 3.82. The Morgan fingerprint density at radius 2 is 1.24 bits per heavy atom. The van der Waals surface area contributed by atoms with Crippen molar-refractivity contribution in [1.29, 1.82) is 0 Å². The van der Waals surface area contributed by atoms with Gasteiger partial charge in [-0.15, -0.1) is 0 Å². The molecule has 0 amide bonds. The summed E-state index contributed by atoms with van der Waals surface area (Å²) in [5.41, 5.74) is 0.966. The number of alkyl halides is 1. The van der Waals surface area contributed by atoms with Crippen LogP contribution < -0.4 is 0 Å². The summed E-state index contributed by atoms with van der Waals surface area (Å²) in [6.07, 6.45) is 0. The first-order valence-corrected chi connectivity index (χ1v) is 5.35. The molecule has 0 aromatic heterocycles. The molecule has 3 heteroatoms. The Kier molecular flexibility index (Phi) is 3.28. The average Bonchev–Trinajstić information content (AvgIpc) is 2.34. The molecule has 0 heterocycles. The fraction of sp³-hybridized carbons (Fsp3) is 0.143. The van der Waals surface area contributed by atoms with E-state index in [1.165, 1.54) is 12.1 Å². The highest BCUT2D eigenvalue weighted by atomic mass is 19.1. The molecule has 0 spiro atoms. The average molecular weight is 232 g/mol. The third-order valence-corrected chi connectivity index (χ3v) is 2.78. The highest BCUT2D eigenvalue weighted by molar-refractivity contribution is 5.45. The zero-order valence-corrected chi connectivity index (χ0v) is 9.18. The predicted molar refractivity (Wildman–Crippen MR) is 64.0 cm³/mol. The summed E-state index contributed by atoms with van der Waals surface area (Å²) >= 11 is 0. The summed E-state index contributed by atoms with van der Waals surface area (Å²) < 4.78 is 13.2. The van der Waals surface area contributed by atoms with E-state index in [4.69, 9.17) is 0 Å². The van der Waals surface area contributed by atoms with Crippen molar-refractivity contribution in [2.45, 2.75) is 5.92 Å². The molecule has 2 aromatic carbocycles. The standard InChI is InChI=1S/C14H13FO2/c15-9-12(10-5-1-3-7-13(10)16)11-6-2-4-8-14(11)17/h1-8,12,16-17H,9H2. The van der Waals surface area contributed by atoms with Gasteiger partial charge in [0.2, 0.25) is 0 Å². The van der Waals surface area contributed by atoms with Gasteiger partial charge in [0.15, 0.2) is 0 Å². The van der Waals surface area contributed by atoms with E-state index in [0.29, 0.717) is 11.1 Å². The van der Waals surface area contributed by atoms with Crippen LogP contribution in [0.15, 0.2) is 48.5 Å². The molecular weight excluding hydrogens is 219 g/mol. The Balaban J connectivity index is 2.48. The van der Waals surface area contributed by atoms with Crippen molar-refractivity contribution in [2.75, 3.05) is 6.67 Å². The summed E-state index contributed by atoms with van der Waals surface area (Å²) in [5, 5.41) is 19.4. The van der Waals surface area contributed by atoms with Crippen LogP contribution in [0.25, 0.3) is 0 Å². The quantitative estimate of drug-likeness (QED) is 0.853. The minimum absolute atomic E-state index is 0.0402. The second-order valence-electron chi connectivity index (χ2n) is 3.82. The minimum atomic E-state index is -0.671. The maximum Gasteiger partial charge on any atom is 0.119 e. The third kappa shape index (κ3) is 2.23. The van der Waals surface area contributed by atoms with Crippen molar-refractivity contribution in [1.82, 2.24) is 0 Å². The molecule has 0 unspecified atom stereocenters. The highest BCUT2D eigenvalue weighted by Crippen LogP contribution is 2.35. The smallest absolute Gasteiger partial charge is 0.119 e. The zero-order valence-electron chi connectivity index (χ0n) is 9.18. The molecular formula is C14H13FO2. The Morgan fingerprint density at radius 3 is 1.59 bits per heavy atom. The maximum atomic E-state index is 13.2. The van der Waals surface area contributed by atoms with Crippen molar-refractivity contribution in [3.8, 4) is 11.5 Å². The lowest BCUT2D eigenvalue weighted by molar-refractivity contribution is 0.417. The van der Waals surface area contributed by atoms with Crippen molar-refractivity contribution in [2.24, 2.45) is 0 Å². The molecule has 88 valence electrons. The number of para-hydroxylation sites is 2. The molecule has 0 aliphatic heterocycles. The van der Waals surface area contributed by atoms with Crippen LogP contribution in [-0.2, 0) is 0 Å². The van der Waals surface area contributed by atoms with Gasteiger partial charge in [-0.2, -0.15) is 0 Å². The fourth-order valence-corrected chi connectivity index (χ4v) is 1.90. The van der Waals surface area contributed by atoms with Gasteiger partial charge in [-0.05, 0) is 12.1 Å². The number of hydrogen-bond acceptors (Lipinski definition) is 2. The maximum absolute atomic E-state index is 13.2. The van der Waals surface area contributed by atoms with E-state index in [-0.39, 0.29) is 11.5 Å². The van der Waals surface area contributed by atoms with E-state index in [9.17, 15) is 14.6 Å². The number of hydrogen-bond donors (Lipinski definition) is 2. The van der Waals surface area contributed by atoms with Crippen molar-refractivity contribution < 1.29 is 14.6 Å². The number of phenols is 2. The topological polar surface area (TPSA) is 40.5 Å².